The summed E-state index contributed by atoms with van der Waals surface area (Å²) in [7, 11) is 0. The van der Waals surface area contributed by atoms with E-state index in [0.29, 0.717) is 5.65 Å². The molecule has 0 aliphatic carbocycles. The summed E-state index contributed by atoms with van der Waals surface area (Å²) in [6.07, 6.45) is 0.816. The first kappa shape index (κ1) is 14.5. The maximum atomic E-state index is 11.7. The molecule has 0 bridgehead atoms. The van der Waals surface area contributed by atoms with E-state index in [2.05, 4.69) is 15.0 Å². The van der Waals surface area contributed by atoms with E-state index in [4.69, 9.17) is 4.74 Å². The lowest BCUT2D eigenvalue weighted by molar-refractivity contribution is -0.0430. The molecule has 21 heavy (non-hydrogen) atoms. The SMILES string of the molecule is CCS[C@H]1[C@@H](O)[C@H](CO)O[C@@H]1n1cnc2c(=O)[nH]cnc21. The number of thioether (sulfide) groups is 1. The summed E-state index contributed by atoms with van der Waals surface area (Å²) < 4.78 is 7.37. The van der Waals surface area contributed by atoms with Crippen LogP contribution in [0.1, 0.15) is 13.2 Å². The Labute approximate surface area is 124 Å². The molecule has 1 aliphatic rings. The fourth-order valence-electron chi connectivity index (χ4n) is 2.51. The molecule has 2 aromatic rings. The number of hydrogen-bond acceptors (Lipinski definition) is 7. The summed E-state index contributed by atoms with van der Waals surface area (Å²) >= 11 is 1.54. The Hall–Kier alpha value is -1.42. The molecule has 8 nitrogen and oxygen atoms in total. The van der Waals surface area contributed by atoms with Gasteiger partial charge in [0.05, 0.1) is 30.6 Å². The average molecular weight is 312 g/mol. The second-order valence-electron chi connectivity index (χ2n) is 4.71. The fourth-order valence-corrected chi connectivity index (χ4v) is 3.63. The molecule has 3 N–H and O–H groups in total. The van der Waals surface area contributed by atoms with Gasteiger partial charge >= 0.3 is 0 Å². The molecule has 1 aliphatic heterocycles. The van der Waals surface area contributed by atoms with Gasteiger partial charge in [-0.05, 0) is 5.75 Å². The third-order valence-corrected chi connectivity index (χ3v) is 4.72. The summed E-state index contributed by atoms with van der Waals surface area (Å²) in [4.78, 5) is 22.3. The first-order valence-corrected chi connectivity index (χ1v) is 7.68. The average Bonchev–Trinajstić information content (AvgIpc) is 3.03. The monoisotopic (exact) mass is 312 g/mol. The highest BCUT2D eigenvalue weighted by molar-refractivity contribution is 7.99. The molecular weight excluding hydrogens is 296 g/mol. The number of aromatic nitrogens is 4. The molecule has 0 unspecified atom stereocenters. The van der Waals surface area contributed by atoms with Crippen molar-refractivity contribution in [2.24, 2.45) is 0 Å². The highest BCUT2D eigenvalue weighted by atomic mass is 32.2. The largest absolute Gasteiger partial charge is 0.394 e. The number of nitrogens with one attached hydrogen (secondary N) is 1. The first-order chi connectivity index (χ1) is 10.2. The van der Waals surface area contributed by atoms with Gasteiger partial charge in [0, 0.05) is 0 Å². The third-order valence-electron chi connectivity index (χ3n) is 3.49. The van der Waals surface area contributed by atoms with Crippen molar-refractivity contribution in [3.05, 3.63) is 23.0 Å². The quantitative estimate of drug-likeness (QED) is 0.697. The van der Waals surface area contributed by atoms with Crippen LogP contribution in [-0.4, -0.2) is 59.5 Å². The van der Waals surface area contributed by atoms with Gasteiger partial charge in [-0.25, -0.2) is 9.97 Å². The van der Waals surface area contributed by atoms with Crippen LogP contribution in [0.5, 0.6) is 0 Å². The molecule has 3 heterocycles. The lowest BCUT2D eigenvalue weighted by atomic mass is 10.2. The Morgan fingerprint density at radius 3 is 3.05 bits per heavy atom. The van der Waals surface area contributed by atoms with Crippen LogP contribution in [0.3, 0.4) is 0 Å². The van der Waals surface area contributed by atoms with Gasteiger partial charge in [0.15, 0.2) is 17.4 Å². The van der Waals surface area contributed by atoms with Crippen molar-refractivity contribution in [3.63, 3.8) is 0 Å². The van der Waals surface area contributed by atoms with Gasteiger partial charge in [-0.15, -0.1) is 0 Å². The molecule has 0 saturated carbocycles. The standard InChI is InChI=1S/C12H16N4O4S/c1-2-21-9-8(18)6(3-17)20-12(9)16-5-15-7-10(16)13-4-14-11(7)19/h4-6,8-9,12,17-18H,2-3H2,1H3,(H,13,14,19)/t6-,8-,9-,12-/m0/s1. The minimum Gasteiger partial charge on any atom is -0.394 e. The number of rotatable bonds is 4. The van der Waals surface area contributed by atoms with Crippen LogP contribution in [0.15, 0.2) is 17.4 Å². The van der Waals surface area contributed by atoms with Crippen LogP contribution >= 0.6 is 11.8 Å². The molecule has 2 aromatic heterocycles. The van der Waals surface area contributed by atoms with Gasteiger partial charge in [-0.1, -0.05) is 6.92 Å². The molecule has 0 aromatic carbocycles. The first-order valence-electron chi connectivity index (χ1n) is 6.63. The van der Waals surface area contributed by atoms with Gasteiger partial charge in [0.2, 0.25) is 0 Å². The zero-order valence-electron chi connectivity index (χ0n) is 11.3. The highest BCUT2D eigenvalue weighted by Gasteiger charge is 2.44. The number of fused-ring (bicyclic) bond motifs is 1. The van der Waals surface area contributed by atoms with Gasteiger partial charge in [-0.3, -0.25) is 9.36 Å². The summed E-state index contributed by atoms with van der Waals surface area (Å²) in [5, 5.41) is 19.3. The van der Waals surface area contributed by atoms with Crippen molar-refractivity contribution >= 4 is 22.9 Å². The third kappa shape index (κ3) is 2.35. The summed E-state index contributed by atoms with van der Waals surface area (Å²) in [5.41, 5.74) is 0.301. The molecule has 4 atom stereocenters. The van der Waals surface area contributed by atoms with Gasteiger partial charge < -0.3 is 19.9 Å². The Morgan fingerprint density at radius 1 is 1.52 bits per heavy atom. The number of nitrogens with zero attached hydrogens (tertiary/aromatic N) is 3. The van der Waals surface area contributed by atoms with Crippen LogP contribution in [0.2, 0.25) is 0 Å². The lowest BCUT2D eigenvalue weighted by Crippen LogP contribution is -2.31. The number of H-pyrrole nitrogens is 1. The molecular formula is C12H16N4O4S. The second-order valence-corrected chi connectivity index (χ2v) is 6.17. The minimum absolute atomic E-state index is 0.225. The predicted molar refractivity (Wildman–Crippen MR) is 77.1 cm³/mol. The Morgan fingerprint density at radius 2 is 2.33 bits per heavy atom. The number of aromatic amines is 1. The maximum absolute atomic E-state index is 11.7. The summed E-state index contributed by atoms with van der Waals surface area (Å²) in [6.45, 7) is 1.72. The number of ether oxygens (including phenoxy) is 1. The summed E-state index contributed by atoms with van der Waals surface area (Å²) in [6, 6.07) is 0. The van der Waals surface area contributed by atoms with E-state index >= 15 is 0 Å². The van der Waals surface area contributed by atoms with Gasteiger partial charge in [0.1, 0.15) is 6.10 Å². The summed E-state index contributed by atoms with van der Waals surface area (Å²) in [5.74, 6) is 0.792. The van der Waals surface area contributed by atoms with E-state index < -0.39 is 18.4 Å². The molecule has 3 rings (SSSR count). The zero-order chi connectivity index (χ0) is 15.0. The maximum Gasteiger partial charge on any atom is 0.278 e. The number of hydrogen-bond donors (Lipinski definition) is 3. The van der Waals surface area contributed by atoms with Crippen LogP contribution < -0.4 is 5.56 Å². The van der Waals surface area contributed by atoms with E-state index in [-0.39, 0.29) is 22.9 Å². The Balaban J connectivity index is 2.04. The molecule has 1 fully saturated rings. The van der Waals surface area contributed by atoms with Crippen LogP contribution in [0, 0.1) is 0 Å². The molecule has 0 radical (unpaired) electrons. The fraction of sp³-hybridized carbons (Fsp3) is 0.583. The van der Waals surface area contributed by atoms with Crippen molar-refractivity contribution in [3.8, 4) is 0 Å². The number of imidazole rings is 1. The normalized spacial score (nSPS) is 29.3. The molecule has 9 heteroatoms. The predicted octanol–water partition coefficient (Wildman–Crippen LogP) is -0.508. The van der Waals surface area contributed by atoms with E-state index in [1.807, 2.05) is 6.92 Å². The van der Waals surface area contributed by atoms with Crippen LogP contribution in [0.4, 0.5) is 0 Å². The van der Waals surface area contributed by atoms with Crippen LogP contribution in [-0.2, 0) is 4.74 Å². The highest BCUT2D eigenvalue weighted by Crippen LogP contribution is 2.38. The van der Waals surface area contributed by atoms with Crippen molar-refractivity contribution in [2.75, 3.05) is 12.4 Å². The Bertz CT molecular complexity index is 687. The topological polar surface area (TPSA) is 113 Å². The van der Waals surface area contributed by atoms with Gasteiger partial charge in [0.25, 0.3) is 5.56 Å². The van der Waals surface area contributed by atoms with Crippen molar-refractivity contribution in [2.45, 2.75) is 30.6 Å². The van der Waals surface area contributed by atoms with Crippen molar-refractivity contribution < 1.29 is 14.9 Å². The molecule has 1 saturated heterocycles. The van der Waals surface area contributed by atoms with Gasteiger partial charge in [-0.2, -0.15) is 11.8 Å². The molecule has 0 amide bonds. The van der Waals surface area contributed by atoms with Crippen molar-refractivity contribution in [1.82, 2.24) is 19.5 Å². The van der Waals surface area contributed by atoms with E-state index in [1.54, 1.807) is 4.57 Å². The lowest BCUT2D eigenvalue weighted by Gasteiger charge is -2.20. The number of aliphatic hydroxyl groups is 2. The van der Waals surface area contributed by atoms with Crippen LogP contribution in [0.25, 0.3) is 11.2 Å². The number of aliphatic hydroxyl groups excluding tert-OH is 2. The Kier molecular flexibility index (Phi) is 3.98. The second kappa shape index (κ2) is 5.76. The van der Waals surface area contributed by atoms with E-state index in [0.717, 1.165) is 5.75 Å². The van der Waals surface area contributed by atoms with E-state index in [9.17, 15) is 15.0 Å². The molecule has 114 valence electrons. The zero-order valence-corrected chi connectivity index (χ0v) is 12.2. The van der Waals surface area contributed by atoms with Crippen molar-refractivity contribution in [1.29, 1.82) is 0 Å². The smallest absolute Gasteiger partial charge is 0.278 e. The molecule has 0 spiro atoms. The van der Waals surface area contributed by atoms with E-state index in [1.165, 1.54) is 24.4 Å². The minimum atomic E-state index is -0.788.